The molecule has 2 aromatic heterocycles. The molecule has 31 heavy (non-hydrogen) atoms. The van der Waals surface area contributed by atoms with Crippen molar-refractivity contribution in [2.75, 3.05) is 0 Å². The molecule has 7 nitrogen and oxygen atoms in total. The smallest absolute Gasteiger partial charge is 0.179 e. The van der Waals surface area contributed by atoms with Crippen molar-refractivity contribution < 1.29 is 9.47 Å². The van der Waals surface area contributed by atoms with Crippen LogP contribution in [0.2, 0.25) is 0 Å². The summed E-state index contributed by atoms with van der Waals surface area (Å²) in [5.41, 5.74) is 3.81. The van der Waals surface area contributed by atoms with Gasteiger partial charge in [-0.1, -0.05) is 54.6 Å². The Morgan fingerprint density at radius 3 is 2.35 bits per heavy atom. The van der Waals surface area contributed by atoms with Crippen LogP contribution in [-0.4, -0.2) is 25.6 Å². The van der Waals surface area contributed by atoms with Gasteiger partial charge in [-0.05, 0) is 40.3 Å². The third-order valence-corrected chi connectivity index (χ3v) is 4.83. The number of H-pyrrole nitrogens is 1. The number of benzene rings is 3. The van der Waals surface area contributed by atoms with Crippen LogP contribution in [-0.2, 0) is 13.2 Å². The van der Waals surface area contributed by atoms with Crippen LogP contribution in [0.1, 0.15) is 11.3 Å². The summed E-state index contributed by atoms with van der Waals surface area (Å²) in [4.78, 5) is 4.64. The average molecular weight is 409 g/mol. The lowest BCUT2D eigenvalue weighted by Crippen LogP contribution is -1.99. The van der Waals surface area contributed by atoms with Crippen molar-refractivity contribution in [1.29, 1.82) is 0 Å². The number of para-hydroxylation sites is 1. The predicted molar refractivity (Wildman–Crippen MR) is 116 cm³/mol. The van der Waals surface area contributed by atoms with E-state index < -0.39 is 0 Å². The number of tetrazole rings is 1. The van der Waals surface area contributed by atoms with Crippen LogP contribution in [0, 0.1) is 0 Å². The lowest BCUT2D eigenvalue weighted by Gasteiger charge is -2.10. The molecule has 0 spiro atoms. The van der Waals surface area contributed by atoms with Crippen LogP contribution in [0.5, 0.6) is 11.5 Å². The minimum Gasteiger partial charge on any atom is -0.489 e. The number of aromatic nitrogens is 5. The van der Waals surface area contributed by atoms with Crippen molar-refractivity contribution in [3.63, 3.8) is 0 Å². The molecule has 0 amide bonds. The van der Waals surface area contributed by atoms with Crippen LogP contribution in [0.25, 0.3) is 22.3 Å². The average Bonchev–Trinajstić information content (AvgIpc) is 3.37. The number of hydrogen-bond donors (Lipinski definition) is 1. The number of pyridine rings is 1. The first-order chi connectivity index (χ1) is 15.3. The first-order valence-electron chi connectivity index (χ1n) is 9.87. The molecule has 0 aliphatic rings. The SMILES string of the molecule is c1cc(OCc2ccc(-c3nnn[nH]3)cc2)cc(OCc2ccc3ccccc3n2)c1. The molecule has 0 aliphatic heterocycles. The predicted octanol–water partition coefficient (Wildman–Crippen LogP) is 4.57. The minimum atomic E-state index is 0.395. The second-order valence-corrected chi connectivity index (χ2v) is 6.99. The maximum Gasteiger partial charge on any atom is 0.179 e. The van der Waals surface area contributed by atoms with Crippen molar-refractivity contribution in [2.24, 2.45) is 0 Å². The van der Waals surface area contributed by atoms with E-state index in [1.54, 1.807) is 0 Å². The minimum absolute atomic E-state index is 0.395. The zero-order chi connectivity index (χ0) is 20.9. The molecule has 0 bridgehead atoms. The molecule has 1 N–H and O–H groups in total. The van der Waals surface area contributed by atoms with Gasteiger partial charge in [-0.15, -0.1) is 5.10 Å². The molecule has 3 aromatic carbocycles. The second-order valence-electron chi connectivity index (χ2n) is 6.99. The highest BCUT2D eigenvalue weighted by Gasteiger charge is 2.04. The summed E-state index contributed by atoms with van der Waals surface area (Å²) in [6, 6.07) is 27.6. The summed E-state index contributed by atoms with van der Waals surface area (Å²) >= 11 is 0. The Morgan fingerprint density at radius 2 is 1.55 bits per heavy atom. The number of fused-ring (bicyclic) bond motifs is 1. The van der Waals surface area contributed by atoms with Gasteiger partial charge in [0, 0.05) is 17.0 Å². The fourth-order valence-electron chi connectivity index (χ4n) is 3.21. The molecule has 5 rings (SSSR count). The molecule has 0 aliphatic carbocycles. The van der Waals surface area contributed by atoms with E-state index in [0.717, 1.165) is 39.2 Å². The zero-order valence-electron chi connectivity index (χ0n) is 16.6. The van der Waals surface area contributed by atoms with Gasteiger partial charge in [-0.3, -0.25) is 0 Å². The van der Waals surface area contributed by atoms with Gasteiger partial charge in [0.25, 0.3) is 0 Å². The highest BCUT2D eigenvalue weighted by molar-refractivity contribution is 5.78. The number of nitrogens with zero attached hydrogens (tertiary/aromatic N) is 4. The lowest BCUT2D eigenvalue weighted by molar-refractivity contribution is 0.288. The quantitative estimate of drug-likeness (QED) is 0.424. The lowest BCUT2D eigenvalue weighted by atomic mass is 10.1. The monoisotopic (exact) mass is 409 g/mol. The van der Waals surface area contributed by atoms with E-state index in [1.165, 1.54) is 0 Å². The van der Waals surface area contributed by atoms with Crippen LogP contribution >= 0.6 is 0 Å². The Balaban J connectivity index is 1.19. The van der Waals surface area contributed by atoms with Crippen LogP contribution < -0.4 is 9.47 Å². The number of rotatable bonds is 7. The zero-order valence-corrected chi connectivity index (χ0v) is 16.6. The molecular formula is C24H19N5O2. The molecule has 0 fully saturated rings. The Kier molecular flexibility index (Phi) is 5.22. The van der Waals surface area contributed by atoms with Gasteiger partial charge in [-0.25, -0.2) is 10.1 Å². The largest absolute Gasteiger partial charge is 0.489 e. The van der Waals surface area contributed by atoms with E-state index in [9.17, 15) is 0 Å². The fraction of sp³-hybridized carbons (Fsp3) is 0.0833. The van der Waals surface area contributed by atoms with Crippen LogP contribution in [0.4, 0.5) is 0 Å². The Morgan fingerprint density at radius 1 is 0.742 bits per heavy atom. The summed E-state index contributed by atoms with van der Waals surface area (Å²) in [5, 5.41) is 15.0. The van der Waals surface area contributed by atoms with Crippen molar-refractivity contribution >= 4 is 10.9 Å². The highest BCUT2D eigenvalue weighted by atomic mass is 16.5. The van der Waals surface area contributed by atoms with E-state index in [0.29, 0.717) is 19.0 Å². The van der Waals surface area contributed by atoms with E-state index in [1.807, 2.05) is 78.9 Å². The van der Waals surface area contributed by atoms with Gasteiger partial charge in [0.2, 0.25) is 0 Å². The van der Waals surface area contributed by atoms with Crippen LogP contribution in [0.3, 0.4) is 0 Å². The molecule has 5 aromatic rings. The number of ether oxygens (including phenoxy) is 2. The van der Waals surface area contributed by atoms with E-state index >= 15 is 0 Å². The molecule has 0 atom stereocenters. The standard InChI is InChI=1S/C24H19N5O2/c1-2-7-23-18(4-1)12-13-20(25-23)16-31-22-6-3-5-21(14-22)30-15-17-8-10-19(11-9-17)24-26-28-29-27-24/h1-14H,15-16H2,(H,26,27,28,29). The Bertz CT molecular complexity index is 1290. The maximum absolute atomic E-state index is 5.93. The summed E-state index contributed by atoms with van der Waals surface area (Å²) in [6.45, 7) is 0.844. The molecule has 2 heterocycles. The Hall–Kier alpha value is -4.26. The van der Waals surface area contributed by atoms with Crippen LogP contribution in [0.15, 0.2) is 84.9 Å². The van der Waals surface area contributed by atoms with Gasteiger partial charge < -0.3 is 9.47 Å². The molecule has 0 radical (unpaired) electrons. The van der Waals surface area contributed by atoms with Crippen molar-refractivity contribution in [2.45, 2.75) is 13.2 Å². The molecule has 0 unspecified atom stereocenters. The highest BCUT2D eigenvalue weighted by Crippen LogP contribution is 2.22. The number of aromatic amines is 1. The van der Waals surface area contributed by atoms with Crippen molar-refractivity contribution in [3.8, 4) is 22.9 Å². The van der Waals surface area contributed by atoms with Crippen molar-refractivity contribution in [3.05, 3.63) is 96.2 Å². The molecule has 0 saturated carbocycles. The van der Waals surface area contributed by atoms with Gasteiger partial charge in [0.1, 0.15) is 24.7 Å². The number of nitrogens with one attached hydrogen (secondary N) is 1. The van der Waals surface area contributed by atoms with E-state index in [-0.39, 0.29) is 0 Å². The third-order valence-electron chi connectivity index (χ3n) is 4.83. The van der Waals surface area contributed by atoms with Gasteiger partial charge in [0.15, 0.2) is 5.82 Å². The first-order valence-corrected chi connectivity index (χ1v) is 9.87. The van der Waals surface area contributed by atoms with Gasteiger partial charge in [0.05, 0.1) is 11.2 Å². The van der Waals surface area contributed by atoms with Crippen molar-refractivity contribution in [1.82, 2.24) is 25.6 Å². The third kappa shape index (κ3) is 4.51. The Labute approximate surface area is 178 Å². The van der Waals surface area contributed by atoms with Gasteiger partial charge in [-0.2, -0.15) is 0 Å². The van der Waals surface area contributed by atoms with E-state index in [2.05, 4.69) is 31.7 Å². The normalized spacial score (nSPS) is 10.8. The van der Waals surface area contributed by atoms with E-state index in [4.69, 9.17) is 9.47 Å². The molecule has 152 valence electrons. The summed E-state index contributed by atoms with van der Waals surface area (Å²) < 4.78 is 11.9. The molecule has 7 heteroatoms. The fourth-order valence-corrected chi connectivity index (χ4v) is 3.21. The molecular weight excluding hydrogens is 390 g/mol. The number of hydrogen-bond acceptors (Lipinski definition) is 6. The topological polar surface area (TPSA) is 85.8 Å². The second kappa shape index (κ2) is 8.62. The maximum atomic E-state index is 5.93. The first kappa shape index (κ1) is 18.7. The summed E-state index contributed by atoms with van der Waals surface area (Å²) in [7, 11) is 0. The summed E-state index contributed by atoms with van der Waals surface area (Å²) in [6.07, 6.45) is 0. The summed E-state index contributed by atoms with van der Waals surface area (Å²) in [5.74, 6) is 2.12. The van der Waals surface area contributed by atoms with Gasteiger partial charge >= 0.3 is 0 Å². The molecule has 0 saturated heterocycles.